The monoisotopic (exact) mass is 381 g/mol. The third kappa shape index (κ3) is 5.09. The number of halogens is 1. The Labute approximate surface area is 161 Å². The largest absolute Gasteiger partial charge is 0.507 e. The first-order valence-corrected chi connectivity index (χ1v) is 8.53. The Hall–Kier alpha value is -3.31. The maximum Gasteiger partial charge on any atom is 0.347 e. The molecule has 0 saturated heterocycles. The van der Waals surface area contributed by atoms with E-state index in [1.54, 1.807) is 54.6 Å². The van der Waals surface area contributed by atoms with E-state index in [4.69, 9.17) is 16.3 Å². The molecule has 0 fully saturated rings. The fourth-order valence-corrected chi connectivity index (χ4v) is 2.55. The van der Waals surface area contributed by atoms with Crippen LogP contribution in [0.2, 0.25) is 5.02 Å². The van der Waals surface area contributed by atoms with Crippen molar-refractivity contribution < 1.29 is 19.4 Å². The smallest absolute Gasteiger partial charge is 0.347 e. The Morgan fingerprint density at radius 3 is 2.33 bits per heavy atom. The first kappa shape index (κ1) is 18.5. The number of phenolic OH excluding ortho intramolecular Hbond substituents is 1. The van der Waals surface area contributed by atoms with E-state index in [0.29, 0.717) is 16.5 Å². The second-order valence-electron chi connectivity index (χ2n) is 5.79. The SMILES string of the molecule is O=C(Cc1ccc(Cl)cc1)Nc1ccc(C(=O)Oc2ccccc2)c(O)c1. The molecule has 0 heterocycles. The number of nitrogens with one attached hydrogen (secondary N) is 1. The van der Waals surface area contributed by atoms with Crippen molar-refractivity contribution in [3.8, 4) is 11.5 Å². The van der Waals surface area contributed by atoms with E-state index in [-0.39, 0.29) is 23.6 Å². The summed E-state index contributed by atoms with van der Waals surface area (Å²) in [6, 6.07) is 19.7. The number of amides is 1. The van der Waals surface area contributed by atoms with Crippen LogP contribution in [0, 0.1) is 0 Å². The van der Waals surface area contributed by atoms with Gasteiger partial charge in [-0.1, -0.05) is 41.9 Å². The van der Waals surface area contributed by atoms with Crippen molar-refractivity contribution in [3.05, 3.63) is 88.9 Å². The van der Waals surface area contributed by atoms with E-state index >= 15 is 0 Å². The molecule has 0 radical (unpaired) electrons. The molecule has 5 nitrogen and oxygen atoms in total. The Bertz CT molecular complexity index is 956. The third-order valence-corrected chi connectivity index (χ3v) is 3.99. The minimum Gasteiger partial charge on any atom is -0.507 e. The van der Waals surface area contributed by atoms with Gasteiger partial charge in [0.05, 0.1) is 6.42 Å². The average Bonchev–Trinajstić information content (AvgIpc) is 2.64. The summed E-state index contributed by atoms with van der Waals surface area (Å²) >= 11 is 5.82. The van der Waals surface area contributed by atoms with E-state index in [2.05, 4.69) is 5.32 Å². The molecule has 6 heteroatoms. The van der Waals surface area contributed by atoms with Crippen LogP contribution in [-0.4, -0.2) is 17.0 Å². The van der Waals surface area contributed by atoms with E-state index in [9.17, 15) is 14.7 Å². The summed E-state index contributed by atoms with van der Waals surface area (Å²) in [4.78, 5) is 24.3. The van der Waals surface area contributed by atoms with Crippen molar-refractivity contribution in [2.75, 3.05) is 5.32 Å². The standard InChI is InChI=1S/C21H16ClNO4/c22-15-8-6-14(7-9-15)12-20(25)23-16-10-11-18(19(24)13-16)21(26)27-17-4-2-1-3-5-17/h1-11,13,24H,12H2,(H,23,25). The summed E-state index contributed by atoms with van der Waals surface area (Å²) < 4.78 is 5.19. The molecule has 0 aliphatic heterocycles. The average molecular weight is 382 g/mol. The summed E-state index contributed by atoms with van der Waals surface area (Å²) in [6.45, 7) is 0. The molecule has 0 aromatic heterocycles. The fraction of sp³-hybridized carbons (Fsp3) is 0.0476. The molecule has 136 valence electrons. The first-order valence-electron chi connectivity index (χ1n) is 8.16. The number of carbonyl (C=O) groups excluding carboxylic acids is 2. The summed E-state index contributed by atoms with van der Waals surface area (Å²) in [5, 5.41) is 13.4. The Morgan fingerprint density at radius 2 is 1.67 bits per heavy atom. The fourth-order valence-electron chi connectivity index (χ4n) is 2.43. The molecular weight excluding hydrogens is 366 g/mol. The number of anilines is 1. The molecule has 3 aromatic rings. The highest BCUT2D eigenvalue weighted by Gasteiger charge is 2.15. The van der Waals surface area contributed by atoms with Gasteiger partial charge in [0.2, 0.25) is 5.91 Å². The predicted molar refractivity (Wildman–Crippen MR) is 103 cm³/mol. The molecule has 3 aromatic carbocycles. The van der Waals surface area contributed by atoms with E-state index in [1.807, 2.05) is 0 Å². The molecule has 0 spiro atoms. The molecule has 0 saturated carbocycles. The second-order valence-corrected chi connectivity index (χ2v) is 6.22. The number of rotatable bonds is 5. The molecular formula is C21H16ClNO4. The Balaban J connectivity index is 1.64. The lowest BCUT2D eigenvalue weighted by Crippen LogP contribution is -2.15. The number of hydrogen-bond acceptors (Lipinski definition) is 4. The molecule has 1 amide bonds. The maximum absolute atomic E-state index is 12.2. The van der Waals surface area contributed by atoms with Gasteiger partial charge in [-0.15, -0.1) is 0 Å². The zero-order valence-corrected chi connectivity index (χ0v) is 14.9. The van der Waals surface area contributed by atoms with Crippen molar-refractivity contribution in [3.63, 3.8) is 0 Å². The van der Waals surface area contributed by atoms with E-state index < -0.39 is 5.97 Å². The van der Waals surface area contributed by atoms with Gasteiger partial charge in [0.15, 0.2) is 0 Å². The first-order chi connectivity index (χ1) is 13.0. The zero-order valence-electron chi connectivity index (χ0n) is 14.2. The summed E-state index contributed by atoms with van der Waals surface area (Å²) in [5.74, 6) is -0.837. The molecule has 0 aliphatic carbocycles. The van der Waals surface area contributed by atoms with Crippen LogP contribution < -0.4 is 10.1 Å². The number of hydrogen-bond donors (Lipinski definition) is 2. The second kappa shape index (κ2) is 8.38. The molecule has 0 atom stereocenters. The van der Waals surface area contributed by atoms with Crippen LogP contribution >= 0.6 is 11.6 Å². The molecule has 0 unspecified atom stereocenters. The van der Waals surface area contributed by atoms with Crippen LogP contribution in [0.4, 0.5) is 5.69 Å². The van der Waals surface area contributed by atoms with Crippen LogP contribution in [0.1, 0.15) is 15.9 Å². The van der Waals surface area contributed by atoms with Crippen LogP contribution in [0.3, 0.4) is 0 Å². The van der Waals surface area contributed by atoms with Gasteiger partial charge in [-0.3, -0.25) is 4.79 Å². The topological polar surface area (TPSA) is 75.6 Å². The van der Waals surface area contributed by atoms with Crippen molar-refractivity contribution in [2.24, 2.45) is 0 Å². The number of ether oxygens (including phenoxy) is 1. The minimum absolute atomic E-state index is 0.00885. The van der Waals surface area contributed by atoms with E-state index in [0.717, 1.165) is 5.56 Å². The minimum atomic E-state index is -0.683. The third-order valence-electron chi connectivity index (χ3n) is 3.73. The number of carbonyl (C=O) groups is 2. The quantitative estimate of drug-likeness (QED) is 0.506. The van der Waals surface area contributed by atoms with Crippen LogP contribution in [0.15, 0.2) is 72.8 Å². The van der Waals surface area contributed by atoms with Gasteiger partial charge in [-0.2, -0.15) is 0 Å². The number of phenols is 1. The van der Waals surface area contributed by atoms with Crippen molar-refractivity contribution in [1.82, 2.24) is 0 Å². The molecule has 0 bridgehead atoms. The van der Waals surface area contributed by atoms with Crippen molar-refractivity contribution >= 4 is 29.2 Å². The predicted octanol–water partition coefficient (Wildman–Crippen LogP) is 4.45. The Morgan fingerprint density at radius 1 is 0.963 bits per heavy atom. The highest BCUT2D eigenvalue weighted by Crippen LogP contribution is 2.24. The highest BCUT2D eigenvalue weighted by atomic mass is 35.5. The lowest BCUT2D eigenvalue weighted by atomic mass is 10.1. The van der Waals surface area contributed by atoms with Gasteiger partial charge in [0.25, 0.3) is 0 Å². The van der Waals surface area contributed by atoms with Gasteiger partial charge in [-0.05, 0) is 42.0 Å². The summed E-state index contributed by atoms with van der Waals surface area (Å²) in [7, 11) is 0. The molecule has 3 rings (SSSR count). The van der Waals surface area contributed by atoms with Gasteiger partial charge < -0.3 is 15.2 Å². The van der Waals surface area contributed by atoms with Gasteiger partial charge in [-0.25, -0.2) is 4.79 Å². The van der Waals surface area contributed by atoms with Crippen molar-refractivity contribution in [1.29, 1.82) is 0 Å². The van der Waals surface area contributed by atoms with Crippen LogP contribution in [0.25, 0.3) is 0 Å². The molecule has 2 N–H and O–H groups in total. The molecule has 0 aliphatic rings. The van der Waals surface area contributed by atoms with Gasteiger partial charge in [0, 0.05) is 16.8 Å². The number of benzene rings is 3. The summed E-state index contributed by atoms with van der Waals surface area (Å²) in [5.41, 5.74) is 1.20. The summed E-state index contributed by atoms with van der Waals surface area (Å²) in [6.07, 6.45) is 0.162. The Kier molecular flexibility index (Phi) is 5.74. The normalized spacial score (nSPS) is 10.3. The number of para-hydroxylation sites is 1. The maximum atomic E-state index is 12.2. The number of aromatic hydroxyl groups is 1. The number of esters is 1. The molecule has 27 heavy (non-hydrogen) atoms. The van der Waals surface area contributed by atoms with Gasteiger partial charge >= 0.3 is 5.97 Å². The van der Waals surface area contributed by atoms with Crippen LogP contribution in [0.5, 0.6) is 11.5 Å². The zero-order chi connectivity index (χ0) is 19.2. The van der Waals surface area contributed by atoms with Crippen LogP contribution in [-0.2, 0) is 11.2 Å². The highest BCUT2D eigenvalue weighted by molar-refractivity contribution is 6.30. The van der Waals surface area contributed by atoms with Crippen molar-refractivity contribution in [2.45, 2.75) is 6.42 Å². The van der Waals surface area contributed by atoms with Gasteiger partial charge in [0.1, 0.15) is 17.1 Å². The lowest BCUT2D eigenvalue weighted by Gasteiger charge is -2.09. The lowest BCUT2D eigenvalue weighted by molar-refractivity contribution is -0.115. The van der Waals surface area contributed by atoms with E-state index in [1.165, 1.54) is 18.2 Å².